The van der Waals surface area contributed by atoms with Gasteiger partial charge in [-0.1, -0.05) is 54.6 Å². The van der Waals surface area contributed by atoms with Crippen LogP contribution in [0.15, 0.2) is 91.0 Å². The van der Waals surface area contributed by atoms with Gasteiger partial charge in [-0.2, -0.15) is 5.26 Å². The van der Waals surface area contributed by atoms with Gasteiger partial charge in [-0.25, -0.2) is 0 Å². The first-order chi connectivity index (χ1) is 16.1. The summed E-state index contributed by atoms with van der Waals surface area (Å²) in [4.78, 5) is 12.5. The molecule has 1 N–H and O–H groups in total. The van der Waals surface area contributed by atoms with Crippen molar-refractivity contribution in [2.24, 2.45) is 0 Å². The Morgan fingerprint density at radius 3 is 2.48 bits per heavy atom. The number of ether oxygens (including phenoxy) is 2. The van der Waals surface area contributed by atoms with Gasteiger partial charge in [-0.3, -0.25) is 4.79 Å². The van der Waals surface area contributed by atoms with E-state index in [1.54, 1.807) is 19.3 Å². The molecule has 0 unspecified atom stereocenters. The SMILES string of the molecule is C=CCc1cc(/C=C(/C#N)C(=O)NCc2ccc(OC)cc2)ccc1OCc1ccccc1. The number of hydrogen-bond donors (Lipinski definition) is 1. The van der Waals surface area contributed by atoms with Gasteiger partial charge < -0.3 is 14.8 Å². The van der Waals surface area contributed by atoms with Crippen LogP contribution in [0.25, 0.3) is 6.08 Å². The molecule has 0 aromatic heterocycles. The fourth-order valence-corrected chi connectivity index (χ4v) is 3.22. The number of nitrogens with zero attached hydrogens (tertiary/aromatic N) is 1. The minimum absolute atomic E-state index is 0.0334. The summed E-state index contributed by atoms with van der Waals surface area (Å²) in [7, 11) is 1.60. The van der Waals surface area contributed by atoms with Crippen molar-refractivity contribution in [1.82, 2.24) is 5.32 Å². The lowest BCUT2D eigenvalue weighted by molar-refractivity contribution is -0.117. The number of carbonyl (C=O) groups is 1. The Morgan fingerprint density at radius 1 is 1.06 bits per heavy atom. The third-order valence-electron chi connectivity index (χ3n) is 4.97. The van der Waals surface area contributed by atoms with Crippen LogP contribution in [-0.2, 0) is 24.4 Å². The van der Waals surface area contributed by atoms with E-state index < -0.39 is 5.91 Å². The maximum Gasteiger partial charge on any atom is 0.262 e. The van der Waals surface area contributed by atoms with Crippen LogP contribution in [0.2, 0.25) is 0 Å². The standard InChI is InChI=1S/C28H26N2O3/c1-3-7-24-16-23(12-15-27(24)33-20-22-8-5-4-6-9-22)17-25(18-29)28(31)30-19-21-10-13-26(32-2)14-11-21/h3-6,8-17H,1,7,19-20H2,2H3,(H,30,31)/b25-17-. The number of allylic oxidation sites excluding steroid dienone is 1. The van der Waals surface area contributed by atoms with Gasteiger partial charge in [0.25, 0.3) is 5.91 Å². The number of amides is 1. The molecular weight excluding hydrogens is 412 g/mol. The summed E-state index contributed by atoms with van der Waals surface area (Å²) in [6.45, 7) is 4.59. The van der Waals surface area contributed by atoms with Gasteiger partial charge in [0.1, 0.15) is 29.7 Å². The summed E-state index contributed by atoms with van der Waals surface area (Å²) in [5.74, 6) is 1.07. The summed E-state index contributed by atoms with van der Waals surface area (Å²) in [6, 6.07) is 24.9. The second-order valence-corrected chi connectivity index (χ2v) is 7.33. The van der Waals surface area contributed by atoms with Crippen LogP contribution >= 0.6 is 0 Å². The molecule has 3 aromatic carbocycles. The summed E-state index contributed by atoms with van der Waals surface area (Å²) in [5, 5.41) is 12.3. The molecule has 33 heavy (non-hydrogen) atoms. The second-order valence-electron chi connectivity index (χ2n) is 7.33. The average molecular weight is 439 g/mol. The zero-order valence-electron chi connectivity index (χ0n) is 18.6. The summed E-state index contributed by atoms with van der Waals surface area (Å²) in [6.07, 6.45) is 3.99. The predicted molar refractivity (Wildman–Crippen MR) is 130 cm³/mol. The van der Waals surface area contributed by atoms with E-state index in [0.717, 1.165) is 33.8 Å². The van der Waals surface area contributed by atoms with E-state index in [0.29, 0.717) is 19.6 Å². The minimum Gasteiger partial charge on any atom is -0.497 e. The van der Waals surface area contributed by atoms with Crippen molar-refractivity contribution in [3.63, 3.8) is 0 Å². The molecule has 0 radical (unpaired) electrons. The maximum atomic E-state index is 12.5. The van der Waals surface area contributed by atoms with E-state index in [1.807, 2.05) is 78.9 Å². The number of rotatable bonds is 10. The van der Waals surface area contributed by atoms with Crippen molar-refractivity contribution < 1.29 is 14.3 Å². The molecule has 0 bridgehead atoms. The molecule has 0 saturated heterocycles. The Labute approximate surface area is 194 Å². The lowest BCUT2D eigenvalue weighted by Gasteiger charge is -2.12. The number of benzene rings is 3. The number of methoxy groups -OCH3 is 1. The van der Waals surface area contributed by atoms with E-state index in [-0.39, 0.29) is 5.57 Å². The van der Waals surface area contributed by atoms with Gasteiger partial charge in [0.2, 0.25) is 0 Å². The Balaban J connectivity index is 1.70. The number of nitriles is 1. The van der Waals surface area contributed by atoms with Crippen LogP contribution < -0.4 is 14.8 Å². The molecule has 3 aromatic rings. The van der Waals surface area contributed by atoms with Crippen LogP contribution in [0.1, 0.15) is 22.3 Å². The smallest absolute Gasteiger partial charge is 0.262 e. The first-order valence-electron chi connectivity index (χ1n) is 10.6. The minimum atomic E-state index is -0.428. The molecule has 0 aliphatic rings. The lowest BCUT2D eigenvalue weighted by atomic mass is 10.0. The largest absolute Gasteiger partial charge is 0.497 e. The Hall–Kier alpha value is -4.30. The first kappa shape index (κ1) is 23.4. The zero-order valence-corrected chi connectivity index (χ0v) is 18.6. The lowest BCUT2D eigenvalue weighted by Crippen LogP contribution is -2.23. The molecule has 0 aliphatic carbocycles. The van der Waals surface area contributed by atoms with Gasteiger partial charge in [-0.15, -0.1) is 6.58 Å². The van der Waals surface area contributed by atoms with Crippen molar-refractivity contribution in [3.8, 4) is 17.6 Å². The Bertz CT molecular complexity index is 1160. The molecule has 5 nitrogen and oxygen atoms in total. The Kier molecular flexibility index (Phi) is 8.44. The van der Waals surface area contributed by atoms with Gasteiger partial charge in [0.05, 0.1) is 7.11 Å². The molecule has 0 saturated carbocycles. The molecule has 0 fully saturated rings. The van der Waals surface area contributed by atoms with Crippen LogP contribution in [0.3, 0.4) is 0 Å². The summed E-state index contributed by atoms with van der Waals surface area (Å²) in [5.41, 5.74) is 3.70. The highest BCUT2D eigenvalue weighted by Gasteiger charge is 2.10. The van der Waals surface area contributed by atoms with Crippen molar-refractivity contribution in [2.75, 3.05) is 7.11 Å². The molecule has 0 aliphatic heterocycles. The highest BCUT2D eigenvalue weighted by molar-refractivity contribution is 6.01. The molecular formula is C28H26N2O3. The zero-order chi connectivity index (χ0) is 23.5. The van der Waals surface area contributed by atoms with Gasteiger partial charge in [0.15, 0.2) is 0 Å². The predicted octanol–water partition coefficient (Wildman–Crippen LogP) is 5.23. The topological polar surface area (TPSA) is 71.4 Å². The quantitative estimate of drug-likeness (QED) is 0.267. The monoisotopic (exact) mass is 438 g/mol. The summed E-state index contributed by atoms with van der Waals surface area (Å²) >= 11 is 0. The second kappa shape index (κ2) is 11.9. The first-order valence-corrected chi connectivity index (χ1v) is 10.6. The molecule has 0 atom stereocenters. The van der Waals surface area contributed by atoms with Crippen LogP contribution in [-0.4, -0.2) is 13.0 Å². The van der Waals surface area contributed by atoms with Gasteiger partial charge in [0, 0.05) is 6.54 Å². The maximum absolute atomic E-state index is 12.5. The van der Waals surface area contributed by atoms with E-state index in [9.17, 15) is 10.1 Å². The van der Waals surface area contributed by atoms with Gasteiger partial charge in [-0.05, 0) is 59.0 Å². The van der Waals surface area contributed by atoms with Crippen molar-refractivity contribution in [3.05, 3.63) is 113 Å². The molecule has 5 heteroatoms. The van der Waals surface area contributed by atoms with E-state index in [1.165, 1.54) is 0 Å². The summed E-state index contributed by atoms with van der Waals surface area (Å²) < 4.78 is 11.1. The molecule has 3 rings (SSSR count). The fourth-order valence-electron chi connectivity index (χ4n) is 3.22. The third kappa shape index (κ3) is 6.84. The fraction of sp³-hybridized carbons (Fsp3) is 0.143. The van der Waals surface area contributed by atoms with E-state index in [2.05, 4.69) is 11.9 Å². The molecule has 0 spiro atoms. The third-order valence-corrected chi connectivity index (χ3v) is 4.97. The van der Waals surface area contributed by atoms with Crippen molar-refractivity contribution in [2.45, 2.75) is 19.6 Å². The van der Waals surface area contributed by atoms with E-state index in [4.69, 9.17) is 9.47 Å². The highest BCUT2D eigenvalue weighted by Crippen LogP contribution is 2.24. The van der Waals surface area contributed by atoms with E-state index >= 15 is 0 Å². The van der Waals surface area contributed by atoms with Crippen LogP contribution in [0.4, 0.5) is 0 Å². The number of carbonyl (C=O) groups excluding carboxylic acids is 1. The average Bonchev–Trinajstić information content (AvgIpc) is 2.86. The number of nitrogens with one attached hydrogen (secondary N) is 1. The highest BCUT2D eigenvalue weighted by atomic mass is 16.5. The van der Waals surface area contributed by atoms with Crippen molar-refractivity contribution >= 4 is 12.0 Å². The Morgan fingerprint density at radius 2 is 1.82 bits per heavy atom. The van der Waals surface area contributed by atoms with Crippen LogP contribution in [0, 0.1) is 11.3 Å². The van der Waals surface area contributed by atoms with Crippen molar-refractivity contribution in [1.29, 1.82) is 5.26 Å². The molecule has 0 heterocycles. The van der Waals surface area contributed by atoms with Crippen LogP contribution in [0.5, 0.6) is 11.5 Å². The molecule has 166 valence electrons. The van der Waals surface area contributed by atoms with Gasteiger partial charge >= 0.3 is 0 Å². The number of hydrogen-bond acceptors (Lipinski definition) is 4. The molecule has 1 amide bonds. The normalized spacial score (nSPS) is 10.7.